The quantitative estimate of drug-likeness (QED) is 0.836. The Morgan fingerprint density at radius 1 is 1.39 bits per heavy atom. The van der Waals surface area contributed by atoms with Gasteiger partial charge in [0.1, 0.15) is 11.5 Å². The molecule has 0 aliphatic carbocycles. The van der Waals surface area contributed by atoms with Gasteiger partial charge in [-0.3, -0.25) is 9.78 Å². The van der Waals surface area contributed by atoms with Crippen LogP contribution in [-0.4, -0.2) is 15.8 Å². The van der Waals surface area contributed by atoms with E-state index in [4.69, 9.17) is 5.73 Å². The van der Waals surface area contributed by atoms with Gasteiger partial charge >= 0.3 is 0 Å². The Bertz CT molecular complexity index is 593. The van der Waals surface area contributed by atoms with Crippen molar-refractivity contribution in [3.8, 4) is 0 Å². The molecule has 0 spiro atoms. The zero-order valence-electron chi connectivity index (χ0n) is 10.5. The fraction of sp³-hybridized carbons (Fsp3) is 0.214. The summed E-state index contributed by atoms with van der Waals surface area (Å²) in [5, 5.41) is 0. The SMILES string of the molecule is CCc1cccnc1C(=O)c1cc(C)cnc1N. The van der Waals surface area contributed by atoms with Gasteiger partial charge in [-0.1, -0.05) is 13.0 Å². The molecule has 0 aromatic carbocycles. The maximum absolute atomic E-state index is 12.4. The highest BCUT2D eigenvalue weighted by molar-refractivity contribution is 6.11. The van der Waals surface area contributed by atoms with Crippen LogP contribution in [-0.2, 0) is 6.42 Å². The van der Waals surface area contributed by atoms with E-state index in [1.807, 2.05) is 26.0 Å². The zero-order chi connectivity index (χ0) is 13.1. The first-order chi connectivity index (χ1) is 8.63. The molecule has 0 fully saturated rings. The Labute approximate surface area is 106 Å². The van der Waals surface area contributed by atoms with Crippen LogP contribution in [0.15, 0.2) is 30.6 Å². The number of hydrogen-bond acceptors (Lipinski definition) is 4. The summed E-state index contributed by atoms with van der Waals surface area (Å²) in [6.07, 6.45) is 4.02. The minimum absolute atomic E-state index is 0.166. The highest BCUT2D eigenvalue weighted by atomic mass is 16.1. The van der Waals surface area contributed by atoms with Gasteiger partial charge in [-0.25, -0.2) is 4.98 Å². The van der Waals surface area contributed by atoms with Crippen LogP contribution in [0.2, 0.25) is 0 Å². The molecule has 4 heteroatoms. The molecular formula is C14H15N3O. The van der Waals surface area contributed by atoms with E-state index < -0.39 is 0 Å². The Morgan fingerprint density at radius 2 is 2.17 bits per heavy atom. The van der Waals surface area contributed by atoms with Crippen molar-refractivity contribution in [2.24, 2.45) is 0 Å². The third kappa shape index (κ3) is 2.22. The van der Waals surface area contributed by atoms with Crippen molar-refractivity contribution in [2.75, 3.05) is 5.73 Å². The van der Waals surface area contributed by atoms with E-state index >= 15 is 0 Å². The first kappa shape index (κ1) is 12.2. The van der Waals surface area contributed by atoms with E-state index in [2.05, 4.69) is 9.97 Å². The normalized spacial score (nSPS) is 10.3. The average Bonchev–Trinajstić information content (AvgIpc) is 2.40. The molecule has 0 atom stereocenters. The minimum Gasteiger partial charge on any atom is -0.383 e. The number of nitrogen functional groups attached to an aromatic ring is 1. The van der Waals surface area contributed by atoms with Crippen LogP contribution in [0.25, 0.3) is 0 Å². The molecule has 0 unspecified atom stereocenters. The molecule has 0 aliphatic heterocycles. The number of hydrogen-bond donors (Lipinski definition) is 1. The second-order valence-electron chi connectivity index (χ2n) is 4.14. The molecule has 2 heterocycles. The van der Waals surface area contributed by atoms with Gasteiger partial charge in [-0.15, -0.1) is 0 Å². The third-order valence-electron chi connectivity index (χ3n) is 2.79. The van der Waals surface area contributed by atoms with E-state index in [-0.39, 0.29) is 11.6 Å². The van der Waals surface area contributed by atoms with Crippen LogP contribution in [0.3, 0.4) is 0 Å². The summed E-state index contributed by atoms with van der Waals surface area (Å²) >= 11 is 0. The van der Waals surface area contributed by atoms with E-state index in [1.54, 1.807) is 18.5 Å². The van der Waals surface area contributed by atoms with Crippen LogP contribution in [0, 0.1) is 6.92 Å². The van der Waals surface area contributed by atoms with Crippen LogP contribution >= 0.6 is 0 Å². The lowest BCUT2D eigenvalue weighted by Crippen LogP contribution is -2.11. The number of aromatic nitrogens is 2. The Hall–Kier alpha value is -2.23. The molecule has 2 N–H and O–H groups in total. The number of rotatable bonds is 3. The van der Waals surface area contributed by atoms with Crippen molar-refractivity contribution in [3.63, 3.8) is 0 Å². The molecule has 0 saturated carbocycles. The molecule has 0 amide bonds. The van der Waals surface area contributed by atoms with Gasteiger partial charge in [0.05, 0.1) is 5.56 Å². The second kappa shape index (κ2) is 4.96. The van der Waals surface area contributed by atoms with Gasteiger partial charge in [0.2, 0.25) is 5.78 Å². The highest BCUT2D eigenvalue weighted by Crippen LogP contribution is 2.17. The summed E-state index contributed by atoms with van der Waals surface area (Å²) < 4.78 is 0. The lowest BCUT2D eigenvalue weighted by molar-refractivity contribution is 0.103. The number of pyridine rings is 2. The second-order valence-corrected chi connectivity index (χ2v) is 4.14. The van der Waals surface area contributed by atoms with Crippen LogP contribution in [0.4, 0.5) is 5.82 Å². The standard InChI is InChI=1S/C14H15N3O/c1-3-10-5-4-6-16-12(10)13(18)11-7-9(2)8-17-14(11)15/h4-8H,3H2,1-2H3,(H2,15,17). The Morgan fingerprint density at radius 3 is 2.89 bits per heavy atom. The largest absolute Gasteiger partial charge is 0.383 e. The first-order valence-electron chi connectivity index (χ1n) is 5.84. The molecule has 0 saturated heterocycles. The molecule has 0 bridgehead atoms. The van der Waals surface area contributed by atoms with Crippen molar-refractivity contribution >= 4 is 11.6 Å². The van der Waals surface area contributed by atoms with Gasteiger partial charge in [-0.2, -0.15) is 0 Å². The van der Waals surface area contributed by atoms with Crippen molar-refractivity contribution in [1.29, 1.82) is 0 Å². The van der Waals surface area contributed by atoms with Crippen molar-refractivity contribution < 1.29 is 4.79 Å². The first-order valence-corrected chi connectivity index (χ1v) is 5.84. The molecule has 18 heavy (non-hydrogen) atoms. The third-order valence-corrected chi connectivity index (χ3v) is 2.79. The minimum atomic E-state index is -0.166. The van der Waals surface area contributed by atoms with Gasteiger partial charge in [-0.05, 0) is 36.6 Å². The molecule has 4 nitrogen and oxygen atoms in total. The maximum atomic E-state index is 12.4. The van der Waals surface area contributed by atoms with Crippen molar-refractivity contribution in [2.45, 2.75) is 20.3 Å². The highest BCUT2D eigenvalue weighted by Gasteiger charge is 2.17. The number of carbonyl (C=O) groups excluding carboxylic acids is 1. The van der Waals surface area contributed by atoms with E-state index in [9.17, 15) is 4.79 Å². The van der Waals surface area contributed by atoms with E-state index in [0.717, 1.165) is 17.5 Å². The van der Waals surface area contributed by atoms with Gasteiger partial charge < -0.3 is 5.73 Å². The lowest BCUT2D eigenvalue weighted by atomic mass is 10.0. The monoisotopic (exact) mass is 241 g/mol. The molecule has 0 aliphatic rings. The Balaban J connectivity index is 2.51. The zero-order valence-corrected chi connectivity index (χ0v) is 10.5. The summed E-state index contributed by atoms with van der Waals surface area (Å²) in [6.45, 7) is 3.87. The van der Waals surface area contributed by atoms with Gasteiger partial charge in [0.25, 0.3) is 0 Å². The summed E-state index contributed by atoms with van der Waals surface area (Å²) in [6, 6.07) is 5.48. The van der Waals surface area contributed by atoms with Crippen LogP contribution < -0.4 is 5.73 Å². The van der Waals surface area contributed by atoms with Crippen molar-refractivity contribution in [1.82, 2.24) is 9.97 Å². The number of anilines is 1. The van der Waals surface area contributed by atoms with Gasteiger partial charge in [0.15, 0.2) is 0 Å². The molecular weight excluding hydrogens is 226 g/mol. The molecule has 0 radical (unpaired) electrons. The van der Waals surface area contributed by atoms with E-state index in [1.165, 1.54) is 0 Å². The van der Waals surface area contributed by atoms with E-state index in [0.29, 0.717) is 11.3 Å². The predicted octanol–water partition coefficient (Wildman–Crippen LogP) is 2.16. The molecule has 92 valence electrons. The number of nitrogens with two attached hydrogens (primary N) is 1. The smallest absolute Gasteiger partial charge is 0.215 e. The number of aryl methyl sites for hydroxylation is 2. The van der Waals surface area contributed by atoms with Crippen LogP contribution in [0.5, 0.6) is 0 Å². The predicted molar refractivity (Wildman–Crippen MR) is 70.4 cm³/mol. The van der Waals surface area contributed by atoms with Crippen molar-refractivity contribution in [3.05, 3.63) is 53.0 Å². The number of carbonyl (C=O) groups is 1. The molecule has 2 aromatic rings. The molecule has 2 aromatic heterocycles. The fourth-order valence-electron chi connectivity index (χ4n) is 1.82. The summed E-state index contributed by atoms with van der Waals surface area (Å²) in [7, 11) is 0. The summed E-state index contributed by atoms with van der Waals surface area (Å²) in [5.41, 5.74) is 8.46. The Kier molecular flexibility index (Phi) is 3.37. The van der Waals surface area contributed by atoms with Crippen LogP contribution in [0.1, 0.15) is 34.1 Å². The topological polar surface area (TPSA) is 68.9 Å². The lowest BCUT2D eigenvalue weighted by Gasteiger charge is -2.07. The summed E-state index contributed by atoms with van der Waals surface area (Å²) in [5.74, 6) is 0.0828. The number of nitrogens with zero attached hydrogens (tertiary/aromatic N) is 2. The average molecular weight is 241 g/mol. The summed E-state index contributed by atoms with van der Waals surface area (Å²) in [4.78, 5) is 20.6. The number of ketones is 1. The maximum Gasteiger partial charge on any atom is 0.215 e. The fourth-order valence-corrected chi connectivity index (χ4v) is 1.82. The molecule has 2 rings (SSSR count). The van der Waals surface area contributed by atoms with Gasteiger partial charge in [0, 0.05) is 12.4 Å².